The highest BCUT2D eigenvalue weighted by Gasteiger charge is 1.99. The van der Waals surface area contributed by atoms with E-state index < -0.39 is 18.0 Å². The molecule has 0 rings (SSSR count). The minimum absolute atomic E-state index is 0.348. The molecule has 0 atom stereocenters. The molecule has 0 saturated carbocycles. The van der Waals surface area contributed by atoms with Crippen molar-refractivity contribution < 1.29 is 23.9 Å². The second-order valence-corrected chi connectivity index (χ2v) is 2.01. The summed E-state index contributed by atoms with van der Waals surface area (Å²) in [7, 11) is 1.17. The average molecular weight is 202 g/mol. The average Bonchev–Trinajstić information content (AvgIpc) is 2.13. The van der Waals surface area contributed by atoms with E-state index in [1.807, 2.05) is 5.32 Å². The summed E-state index contributed by atoms with van der Waals surface area (Å²) in [5.41, 5.74) is 4.69. The topological polar surface area (TPSA) is 108 Å². The summed E-state index contributed by atoms with van der Waals surface area (Å²) in [5, 5.41) is 2.02. The molecular formula is C7H10N2O5. The molecule has 0 aliphatic carbocycles. The highest BCUT2D eigenvalue weighted by Crippen LogP contribution is 1.82. The quantitative estimate of drug-likeness (QED) is 0.341. The third kappa shape index (κ3) is 6.65. The Bertz CT molecular complexity index is 261. The first-order chi connectivity index (χ1) is 6.56. The highest BCUT2D eigenvalue weighted by molar-refractivity contribution is 5.91. The van der Waals surface area contributed by atoms with Gasteiger partial charge in [0, 0.05) is 12.2 Å². The van der Waals surface area contributed by atoms with E-state index in [9.17, 15) is 14.4 Å². The number of rotatable bonds is 4. The van der Waals surface area contributed by atoms with Gasteiger partial charge in [0.15, 0.2) is 6.73 Å². The van der Waals surface area contributed by atoms with Crippen molar-refractivity contribution in [3.05, 3.63) is 12.2 Å². The molecule has 78 valence electrons. The lowest BCUT2D eigenvalue weighted by molar-refractivity contribution is -0.139. The van der Waals surface area contributed by atoms with Crippen molar-refractivity contribution in [3.63, 3.8) is 0 Å². The van der Waals surface area contributed by atoms with Gasteiger partial charge in [-0.05, 0) is 0 Å². The summed E-state index contributed by atoms with van der Waals surface area (Å²) in [6, 6.07) is -0.810. The number of carbonyl (C=O) groups is 3. The zero-order chi connectivity index (χ0) is 11.0. The smallest absolute Gasteiger partial charge is 0.332 e. The number of hydrogen-bond acceptors (Lipinski definition) is 5. The molecule has 0 aromatic heterocycles. The van der Waals surface area contributed by atoms with E-state index in [1.165, 1.54) is 7.11 Å². The first-order valence-electron chi connectivity index (χ1n) is 3.52. The molecule has 0 radical (unpaired) electrons. The standard InChI is InChI=1S/C7H10N2O5/c1-13-5(10)2-3-6(11)14-4-9-7(8)12/h2-3H,4H2,1H3,(H3,8,9,12)/b3-2+. The van der Waals surface area contributed by atoms with Crippen molar-refractivity contribution in [2.45, 2.75) is 0 Å². The molecule has 0 aliphatic heterocycles. The normalized spacial score (nSPS) is 9.50. The van der Waals surface area contributed by atoms with Gasteiger partial charge in [0.25, 0.3) is 0 Å². The Morgan fingerprint density at radius 1 is 1.29 bits per heavy atom. The van der Waals surface area contributed by atoms with Crippen LogP contribution in [0.3, 0.4) is 0 Å². The van der Waals surface area contributed by atoms with E-state index in [0.717, 1.165) is 12.2 Å². The number of primary amides is 1. The Kier molecular flexibility index (Phi) is 5.52. The number of methoxy groups -OCH3 is 1. The van der Waals surface area contributed by atoms with Gasteiger partial charge in [-0.2, -0.15) is 0 Å². The van der Waals surface area contributed by atoms with Crippen molar-refractivity contribution in [2.75, 3.05) is 13.8 Å². The molecular weight excluding hydrogens is 192 g/mol. The van der Waals surface area contributed by atoms with Crippen LogP contribution in [-0.2, 0) is 19.1 Å². The number of urea groups is 1. The van der Waals surface area contributed by atoms with Crippen molar-refractivity contribution >= 4 is 18.0 Å². The Hall–Kier alpha value is -2.05. The van der Waals surface area contributed by atoms with Gasteiger partial charge in [0.05, 0.1) is 7.11 Å². The van der Waals surface area contributed by atoms with Crippen LogP contribution in [0, 0.1) is 0 Å². The van der Waals surface area contributed by atoms with Crippen LogP contribution in [0.4, 0.5) is 4.79 Å². The summed E-state index contributed by atoms with van der Waals surface area (Å²) in [4.78, 5) is 31.3. The summed E-state index contributed by atoms with van der Waals surface area (Å²) < 4.78 is 8.62. The summed E-state index contributed by atoms with van der Waals surface area (Å²) in [6.45, 7) is -0.348. The number of esters is 2. The van der Waals surface area contributed by atoms with Crippen LogP contribution < -0.4 is 11.1 Å². The van der Waals surface area contributed by atoms with Crippen molar-refractivity contribution in [1.82, 2.24) is 5.32 Å². The molecule has 7 heteroatoms. The maximum absolute atomic E-state index is 10.7. The predicted molar refractivity (Wildman–Crippen MR) is 44.8 cm³/mol. The Labute approximate surface area is 79.8 Å². The predicted octanol–water partition coefficient (Wildman–Crippen LogP) is -1.12. The van der Waals surface area contributed by atoms with Crippen LogP contribution in [0.1, 0.15) is 0 Å². The minimum atomic E-state index is -0.810. The van der Waals surface area contributed by atoms with E-state index in [4.69, 9.17) is 0 Å². The summed E-state index contributed by atoms with van der Waals surface area (Å²) in [5.74, 6) is -1.46. The Balaban J connectivity index is 3.70. The number of nitrogens with one attached hydrogen (secondary N) is 1. The first-order valence-corrected chi connectivity index (χ1v) is 3.52. The van der Waals surface area contributed by atoms with Crippen LogP contribution in [0.2, 0.25) is 0 Å². The largest absolute Gasteiger partial charge is 0.466 e. The summed E-state index contributed by atoms with van der Waals surface area (Å²) >= 11 is 0. The molecule has 7 nitrogen and oxygen atoms in total. The molecule has 0 heterocycles. The van der Waals surface area contributed by atoms with Crippen molar-refractivity contribution in [3.8, 4) is 0 Å². The number of amides is 2. The molecule has 0 aliphatic rings. The Morgan fingerprint density at radius 3 is 2.36 bits per heavy atom. The number of hydrogen-bond donors (Lipinski definition) is 2. The second-order valence-electron chi connectivity index (χ2n) is 2.01. The highest BCUT2D eigenvalue weighted by atomic mass is 16.5. The van der Waals surface area contributed by atoms with Gasteiger partial charge >= 0.3 is 18.0 Å². The van der Waals surface area contributed by atoms with E-state index in [1.54, 1.807) is 0 Å². The van der Waals surface area contributed by atoms with Crippen LogP contribution in [0.5, 0.6) is 0 Å². The number of carbonyl (C=O) groups excluding carboxylic acids is 3. The van der Waals surface area contributed by atoms with Gasteiger partial charge in [0.1, 0.15) is 0 Å². The zero-order valence-corrected chi connectivity index (χ0v) is 7.48. The van der Waals surface area contributed by atoms with Gasteiger partial charge in [-0.3, -0.25) is 0 Å². The van der Waals surface area contributed by atoms with Gasteiger partial charge in [0.2, 0.25) is 0 Å². The molecule has 3 N–H and O–H groups in total. The molecule has 0 aromatic rings. The molecule has 0 saturated heterocycles. The molecule has 0 aromatic carbocycles. The van der Waals surface area contributed by atoms with E-state index in [-0.39, 0.29) is 6.73 Å². The van der Waals surface area contributed by atoms with E-state index in [0.29, 0.717) is 0 Å². The van der Waals surface area contributed by atoms with Crippen LogP contribution in [0.15, 0.2) is 12.2 Å². The molecule has 0 fully saturated rings. The summed E-state index contributed by atoms with van der Waals surface area (Å²) in [6.07, 6.45) is 1.76. The molecule has 0 unspecified atom stereocenters. The lowest BCUT2D eigenvalue weighted by Gasteiger charge is -2.00. The van der Waals surface area contributed by atoms with Gasteiger partial charge in [-0.1, -0.05) is 0 Å². The van der Waals surface area contributed by atoms with Crippen LogP contribution in [-0.4, -0.2) is 31.8 Å². The fourth-order valence-corrected chi connectivity index (χ4v) is 0.431. The third-order valence-electron chi connectivity index (χ3n) is 1.02. The fraction of sp³-hybridized carbons (Fsp3) is 0.286. The molecule has 0 bridgehead atoms. The zero-order valence-electron chi connectivity index (χ0n) is 7.48. The fourth-order valence-electron chi connectivity index (χ4n) is 0.431. The monoisotopic (exact) mass is 202 g/mol. The number of ether oxygens (including phenoxy) is 2. The van der Waals surface area contributed by atoms with Crippen molar-refractivity contribution in [2.24, 2.45) is 5.73 Å². The first kappa shape index (κ1) is 11.9. The SMILES string of the molecule is COC(=O)/C=C/C(=O)OCNC(N)=O. The third-order valence-corrected chi connectivity index (χ3v) is 1.02. The van der Waals surface area contributed by atoms with Gasteiger partial charge < -0.3 is 20.5 Å². The Morgan fingerprint density at radius 2 is 1.86 bits per heavy atom. The van der Waals surface area contributed by atoms with Crippen LogP contribution >= 0.6 is 0 Å². The van der Waals surface area contributed by atoms with Crippen LogP contribution in [0.25, 0.3) is 0 Å². The maximum Gasteiger partial charge on any atom is 0.332 e. The lowest BCUT2D eigenvalue weighted by atomic mass is 10.5. The van der Waals surface area contributed by atoms with E-state index in [2.05, 4.69) is 15.2 Å². The van der Waals surface area contributed by atoms with Gasteiger partial charge in [-0.25, -0.2) is 14.4 Å². The van der Waals surface area contributed by atoms with Crippen molar-refractivity contribution in [1.29, 1.82) is 0 Å². The lowest BCUT2D eigenvalue weighted by Crippen LogP contribution is -2.32. The van der Waals surface area contributed by atoms with Gasteiger partial charge in [-0.15, -0.1) is 0 Å². The molecule has 2 amide bonds. The second kappa shape index (κ2) is 6.46. The molecule has 14 heavy (non-hydrogen) atoms. The number of nitrogens with two attached hydrogens (primary N) is 1. The minimum Gasteiger partial charge on any atom is -0.466 e. The molecule has 0 spiro atoms. The maximum atomic E-state index is 10.7. The van der Waals surface area contributed by atoms with E-state index >= 15 is 0 Å².